The van der Waals surface area contributed by atoms with Crippen LogP contribution in [0.25, 0.3) is 5.69 Å². The zero-order chi connectivity index (χ0) is 19.4. The van der Waals surface area contributed by atoms with Crippen LogP contribution in [0.4, 0.5) is 14.9 Å². The van der Waals surface area contributed by atoms with Crippen molar-refractivity contribution in [2.24, 2.45) is 11.7 Å². The molecule has 0 unspecified atom stereocenters. The molecular formula is C18H19FN6O2. The van der Waals surface area contributed by atoms with E-state index in [2.05, 4.69) is 5.10 Å². The SMILES string of the molecule is CN(N)C(=O)N(N)c1ccccc1COc1ccn(-c2ccc(F)cc2)n1. The van der Waals surface area contributed by atoms with E-state index in [1.165, 1.54) is 19.2 Å². The molecule has 0 aliphatic carbocycles. The Hall–Kier alpha value is -3.43. The number of hydrazine groups is 2. The molecule has 0 saturated carbocycles. The maximum absolute atomic E-state index is 13.0. The molecule has 0 aliphatic heterocycles. The van der Waals surface area contributed by atoms with Gasteiger partial charge in [0, 0.05) is 24.9 Å². The molecule has 0 bridgehead atoms. The molecule has 27 heavy (non-hydrogen) atoms. The van der Waals surface area contributed by atoms with E-state index in [1.807, 2.05) is 6.07 Å². The highest BCUT2D eigenvalue weighted by molar-refractivity contribution is 5.91. The van der Waals surface area contributed by atoms with Gasteiger partial charge in [0.2, 0.25) is 5.88 Å². The lowest BCUT2D eigenvalue weighted by molar-refractivity contribution is 0.216. The molecule has 0 aliphatic rings. The van der Waals surface area contributed by atoms with Gasteiger partial charge in [-0.2, -0.15) is 0 Å². The quantitative estimate of drug-likeness (QED) is 0.407. The average Bonchev–Trinajstić information content (AvgIpc) is 3.15. The van der Waals surface area contributed by atoms with E-state index in [9.17, 15) is 9.18 Å². The Kier molecular flexibility index (Phi) is 5.34. The monoisotopic (exact) mass is 370 g/mol. The smallest absolute Gasteiger partial charge is 0.352 e. The number of hydrogen-bond donors (Lipinski definition) is 2. The van der Waals surface area contributed by atoms with Gasteiger partial charge in [0.05, 0.1) is 11.4 Å². The molecule has 2 aromatic carbocycles. The van der Waals surface area contributed by atoms with Crippen LogP contribution in [0.15, 0.2) is 60.8 Å². The van der Waals surface area contributed by atoms with Gasteiger partial charge in [-0.25, -0.2) is 30.6 Å². The zero-order valence-corrected chi connectivity index (χ0v) is 14.6. The van der Waals surface area contributed by atoms with Crippen LogP contribution in [0.1, 0.15) is 5.56 Å². The van der Waals surface area contributed by atoms with Crippen molar-refractivity contribution in [2.75, 3.05) is 12.1 Å². The lowest BCUT2D eigenvalue weighted by atomic mass is 10.2. The minimum atomic E-state index is -0.567. The van der Waals surface area contributed by atoms with Crippen LogP contribution in [-0.4, -0.2) is 27.9 Å². The normalized spacial score (nSPS) is 10.5. The average molecular weight is 370 g/mol. The minimum Gasteiger partial charge on any atom is -0.472 e. The second kappa shape index (κ2) is 7.85. The van der Waals surface area contributed by atoms with Gasteiger partial charge in [0.25, 0.3) is 0 Å². The fourth-order valence-electron chi connectivity index (χ4n) is 2.41. The van der Waals surface area contributed by atoms with Gasteiger partial charge in [-0.1, -0.05) is 18.2 Å². The van der Waals surface area contributed by atoms with Crippen LogP contribution in [0.3, 0.4) is 0 Å². The Morgan fingerprint density at radius 1 is 1.15 bits per heavy atom. The molecule has 0 atom stereocenters. The molecule has 0 spiro atoms. The van der Waals surface area contributed by atoms with E-state index in [-0.39, 0.29) is 12.4 Å². The van der Waals surface area contributed by atoms with Gasteiger partial charge in [0.1, 0.15) is 12.4 Å². The second-order valence-corrected chi connectivity index (χ2v) is 5.76. The third-order valence-corrected chi connectivity index (χ3v) is 3.79. The summed E-state index contributed by atoms with van der Waals surface area (Å²) in [7, 11) is 1.41. The van der Waals surface area contributed by atoms with Crippen molar-refractivity contribution in [2.45, 2.75) is 6.61 Å². The second-order valence-electron chi connectivity index (χ2n) is 5.76. The summed E-state index contributed by atoms with van der Waals surface area (Å²) >= 11 is 0. The van der Waals surface area contributed by atoms with Crippen LogP contribution in [0, 0.1) is 5.82 Å². The molecular weight excluding hydrogens is 351 g/mol. The molecule has 3 aromatic rings. The van der Waals surface area contributed by atoms with E-state index in [1.54, 1.807) is 47.3 Å². The number of benzene rings is 2. The number of nitrogens with two attached hydrogens (primary N) is 2. The zero-order valence-electron chi connectivity index (χ0n) is 14.6. The van der Waals surface area contributed by atoms with Gasteiger partial charge >= 0.3 is 6.03 Å². The van der Waals surface area contributed by atoms with Gasteiger partial charge in [-0.3, -0.25) is 5.01 Å². The number of nitrogens with zero attached hydrogens (tertiary/aromatic N) is 4. The number of carbonyl (C=O) groups excluding carboxylic acids is 1. The van der Waals surface area contributed by atoms with Gasteiger partial charge < -0.3 is 4.74 Å². The summed E-state index contributed by atoms with van der Waals surface area (Å²) in [6.07, 6.45) is 1.70. The van der Waals surface area contributed by atoms with Gasteiger partial charge in [-0.05, 0) is 30.3 Å². The predicted octanol–water partition coefficient (Wildman–Crippen LogP) is 2.20. The number of para-hydroxylation sites is 1. The minimum absolute atomic E-state index is 0.145. The molecule has 8 nitrogen and oxygen atoms in total. The van der Waals surface area contributed by atoms with Crippen molar-refractivity contribution in [1.82, 2.24) is 14.8 Å². The summed E-state index contributed by atoms with van der Waals surface area (Å²) < 4.78 is 20.3. The van der Waals surface area contributed by atoms with Crippen LogP contribution >= 0.6 is 0 Å². The fraction of sp³-hybridized carbons (Fsp3) is 0.111. The fourth-order valence-corrected chi connectivity index (χ4v) is 2.41. The number of carbonyl (C=O) groups is 1. The van der Waals surface area contributed by atoms with Gasteiger partial charge in [-0.15, -0.1) is 5.10 Å². The molecule has 4 N–H and O–H groups in total. The first-order valence-electron chi connectivity index (χ1n) is 8.05. The first-order valence-corrected chi connectivity index (χ1v) is 8.05. The number of aromatic nitrogens is 2. The van der Waals surface area contributed by atoms with Crippen molar-refractivity contribution in [1.29, 1.82) is 0 Å². The molecule has 9 heteroatoms. The summed E-state index contributed by atoms with van der Waals surface area (Å²) in [4.78, 5) is 12.0. The van der Waals surface area contributed by atoms with Crippen LogP contribution in [0.5, 0.6) is 5.88 Å². The van der Waals surface area contributed by atoms with Crippen molar-refractivity contribution in [3.8, 4) is 11.6 Å². The van der Waals surface area contributed by atoms with Crippen molar-refractivity contribution in [3.05, 3.63) is 72.2 Å². The van der Waals surface area contributed by atoms with Crippen molar-refractivity contribution in [3.63, 3.8) is 0 Å². The topological polar surface area (TPSA) is 103 Å². The number of ether oxygens (including phenoxy) is 1. The highest BCUT2D eigenvalue weighted by Crippen LogP contribution is 2.21. The third-order valence-electron chi connectivity index (χ3n) is 3.79. The van der Waals surface area contributed by atoms with Crippen molar-refractivity contribution >= 4 is 11.7 Å². The Bertz CT molecular complexity index is 926. The number of anilines is 1. The molecule has 1 heterocycles. The summed E-state index contributed by atoms with van der Waals surface area (Å²) in [6, 6.07) is 14.1. The maximum atomic E-state index is 13.0. The number of halogens is 1. The Labute approximate surface area is 155 Å². The lowest BCUT2D eigenvalue weighted by Crippen LogP contribution is -2.49. The third kappa shape index (κ3) is 4.22. The lowest BCUT2D eigenvalue weighted by Gasteiger charge is -2.22. The summed E-state index contributed by atoms with van der Waals surface area (Å²) in [5.74, 6) is 11.4. The Morgan fingerprint density at radius 3 is 2.56 bits per heavy atom. The van der Waals surface area contributed by atoms with Gasteiger partial charge in [0.15, 0.2) is 0 Å². The molecule has 140 valence electrons. The Morgan fingerprint density at radius 2 is 1.85 bits per heavy atom. The van der Waals surface area contributed by atoms with E-state index in [0.29, 0.717) is 22.8 Å². The molecule has 2 amide bonds. The standard InChI is InChI=1S/C18H19FN6O2/c1-23(20)18(26)25(21)16-5-3-2-4-13(16)12-27-17-10-11-24(22-17)15-8-6-14(19)7-9-15/h2-11H,12,20-21H2,1H3. The predicted molar refractivity (Wildman–Crippen MR) is 98.3 cm³/mol. The van der Waals surface area contributed by atoms with E-state index in [0.717, 1.165) is 10.0 Å². The Balaban J connectivity index is 1.73. The molecule has 0 fully saturated rings. The molecule has 3 rings (SSSR count). The van der Waals surface area contributed by atoms with Crippen molar-refractivity contribution < 1.29 is 13.9 Å². The van der Waals surface area contributed by atoms with Crippen LogP contribution < -0.4 is 21.4 Å². The maximum Gasteiger partial charge on any atom is 0.352 e. The van der Waals surface area contributed by atoms with Crippen LogP contribution in [-0.2, 0) is 6.61 Å². The number of rotatable bonds is 5. The molecule has 0 radical (unpaired) electrons. The highest BCUT2D eigenvalue weighted by atomic mass is 19.1. The van der Waals surface area contributed by atoms with Crippen LogP contribution in [0.2, 0.25) is 0 Å². The first-order chi connectivity index (χ1) is 13.0. The highest BCUT2D eigenvalue weighted by Gasteiger charge is 2.17. The number of urea groups is 1. The molecule has 0 saturated heterocycles. The van der Waals surface area contributed by atoms with E-state index < -0.39 is 6.03 Å². The summed E-state index contributed by atoms with van der Waals surface area (Å²) in [5.41, 5.74) is 1.86. The molecule has 1 aromatic heterocycles. The van der Waals surface area contributed by atoms with E-state index >= 15 is 0 Å². The number of hydrogen-bond acceptors (Lipinski definition) is 5. The summed E-state index contributed by atoms with van der Waals surface area (Å²) in [5, 5.41) is 6.14. The summed E-state index contributed by atoms with van der Waals surface area (Å²) in [6.45, 7) is 0.145. The largest absolute Gasteiger partial charge is 0.472 e. The van der Waals surface area contributed by atoms with E-state index in [4.69, 9.17) is 16.4 Å². The first kappa shape index (κ1) is 18.4. The number of amides is 2.